The van der Waals surface area contributed by atoms with Gasteiger partial charge in [0.05, 0.1) is 0 Å². The summed E-state index contributed by atoms with van der Waals surface area (Å²) in [4.78, 5) is 2.35. The number of hydrogen-bond donors (Lipinski definition) is 0. The van der Waals surface area contributed by atoms with Gasteiger partial charge in [-0.25, -0.2) is 0 Å². The number of fused-ring (bicyclic) bond motifs is 7. The Kier molecular flexibility index (Phi) is 8.56. The van der Waals surface area contributed by atoms with E-state index in [1.807, 2.05) is 0 Å². The molecule has 0 aliphatic carbocycles. The van der Waals surface area contributed by atoms with E-state index in [0.29, 0.717) is 0 Å². The fourth-order valence-corrected chi connectivity index (χ4v) is 8.90. The second kappa shape index (κ2) is 14.6. The Morgan fingerprint density at radius 3 is 1.08 bits per heavy atom. The molecule has 0 aromatic heterocycles. The van der Waals surface area contributed by atoms with Gasteiger partial charge in [-0.15, -0.1) is 0 Å². The van der Waals surface area contributed by atoms with Crippen molar-refractivity contribution in [3.05, 3.63) is 237 Å². The molecular formula is C58H39N. The Morgan fingerprint density at radius 1 is 0.203 bits per heavy atom. The molecule has 0 fully saturated rings. The van der Waals surface area contributed by atoms with Crippen molar-refractivity contribution in [2.24, 2.45) is 0 Å². The van der Waals surface area contributed by atoms with Gasteiger partial charge in [-0.1, -0.05) is 188 Å². The first-order chi connectivity index (χ1) is 29.2. The van der Waals surface area contributed by atoms with Gasteiger partial charge >= 0.3 is 0 Å². The second-order valence-electron chi connectivity index (χ2n) is 15.3. The normalized spacial score (nSPS) is 11.4. The molecular weight excluding hydrogens is 711 g/mol. The van der Waals surface area contributed by atoms with Gasteiger partial charge in [-0.2, -0.15) is 0 Å². The van der Waals surface area contributed by atoms with Crippen LogP contribution in [0.1, 0.15) is 0 Å². The Labute approximate surface area is 344 Å². The third-order valence-corrected chi connectivity index (χ3v) is 11.9. The van der Waals surface area contributed by atoms with Crippen LogP contribution in [-0.4, -0.2) is 0 Å². The Morgan fingerprint density at radius 2 is 0.559 bits per heavy atom. The predicted octanol–water partition coefficient (Wildman–Crippen LogP) is 16.4. The van der Waals surface area contributed by atoms with Crippen LogP contribution < -0.4 is 4.90 Å². The molecule has 0 saturated heterocycles. The number of rotatable bonds is 7. The van der Waals surface area contributed by atoms with Gasteiger partial charge in [-0.3, -0.25) is 0 Å². The highest BCUT2D eigenvalue weighted by molar-refractivity contribution is 6.26. The van der Waals surface area contributed by atoms with Crippen molar-refractivity contribution in [1.82, 2.24) is 0 Å². The summed E-state index contributed by atoms with van der Waals surface area (Å²) >= 11 is 0. The minimum Gasteiger partial charge on any atom is -0.311 e. The van der Waals surface area contributed by atoms with E-state index in [1.165, 1.54) is 87.6 Å². The van der Waals surface area contributed by atoms with E-state index in [0.717, 1.165) is 17.1 Å². The van der Waals surface area contributed by atoms with Crippen LogP contribution >= 0.6 is 0 Å². The SMILES string of the molecule is c1ccc(-c2ccc(N(c3ccc(-c4ccccc4)cc3)c3ccc(-c4ccc5c6ccc(-c7cccc8ccccc78)cc6c6ccccc6c5c4)cc3)cc2)cc1. The molecule has 1 heteroatoms. The second-order valence-corrected chi connectivity index (χ2v) is 15.3. The zero-order valence-electron chi connectivity index (χ0n) is 32.5. The predicted molar refractivity (Wildman–Crippen MR) is 253 cm³/mol. The highest BCUT2D eigenvalue weighted by Gasteiger charge is 2.16. The van der Waals surface area contributed by atoms with Gasteiger partial charge in [0.1, 0.15) is 0 Å². The molecule has 0 heterocycles. The van der Waals surface area contributed by atoms with Crippen molar-refractivity contribution in [3.63, 3.8) is 0 Å². The number of benzene rings is 11. The minimum absolute atomic E-state index is 1.10. The van der Waals surface area contributed by atoms with Crippen molar-refractivity contribution in [1.29, 1.82) is 0 Å². The summed E-state index contributed by atoms with van der Waals surface area (Å²) in [6, 6.07) is 86.1. The molecule has 0 radical (unpaired) electrons. The third-order valence-electron chi connectivity index (χ3n) is 11.9. The summed E-state index contributed by atoms with van der Waals surface area (Å²) in [5, 5.41) is 10.2. The fourth-order valence-electron chi connectivity index (χ4n) is 8.90. The quantitative estimate of drug-likeness (QED) is 0.147. The standard InChI is InChI=1S/C58H39N/c1-3-12-40(13-4-1)42-22-30-48(31-23-42)59(49-32-24-43(25-33-49)41-14-5-2-6-15-41)50-34-26-44(27-35-50)46-28-36-55-56-37-29-47(52-21-11-17-45-16-7-8-18-51(45)52)39-58(56)54-20-10-9-19-53(54)57(55)38-46/h1-39H. The number of nitrogens with zero attached hydrogens (tertiary/aromatic N) is 1. The van der Waals surface area contributed by atoms with Crippen LogP contribution in [-0.2, 0) is 0 Å². The maximum absolute atomic E-state index is 2.39. The first-order valence-corrected chi connectivity index (χ1v) is 20.3. The molecule has 0 N–H and O–H groups in total. The minimum atomic E-state index is 1.10. The maximum atomic E-state index is 2.39. The van der Waals surface area contributed by atoms with Crippen LogP contribution in [0.4, 0.5) is 17.1 Å². The van der Waals surface area contributed by atoms with E-state index in [1.54, 1.807) is 0 Å². The van der Waals surface area contributed by atoms with Crippen LogP contribution in [0.3, 0.4) is 0 Å². The van der Waals surface area contributed by atoms with Crippen LogP contribution in [0.5, 0.6) is 0 Å². The lowest BCUT2D eigenvalue weighted by Crippen LogP contribution is -2.09. The van der Waals surface area contributed by atoms with Gasteiger partial charge < -0.3 is 4.90 Å². The van der Waals surface area contributed by atoms with E-state index >= 15 is 0 Å². The third kappa shape index (κ3) is 6.30. The van der Waals surface area contributed by atoms with Crippen molar-refractivity contribution in [2.75, 3.05) is 4.90 Å². The summed E-state index contributed by atoms with van der Waals surface area (Å²) < 4.78 is 0. The molecule has 11 aromatic carbocycles. The molecule has 0 atom stereocenters. The molecule has 11 rings (SSSR count). The smallest absolute Gasteiger partial charge is 0.0462 e. The highest BCUT2D eigenvalue weighted by atomic mass is 15.1. The summed E-state index contributed by atoms with van der Waals surface area (Å²) in [7, 11) is 0. The molecule has 59 heavy (non-hydrogen) atoms. The van der Waals surface area contributed by atoms with Gasteiger partial charge in [-0.05, 0) is 136 Å². The molecule has 11 aromatic rings. The summed E-state index contributed by atoms with van der Waals surface area (Å²) in [6.45, 7) is 0. The zero-order valence-corrected chi connectivity index (χ0v) is 32.5. The fraction of sp³-hybridized carbons (Fsp3) is 0. The Bertz CT molecular complexity index is 3170. The molecule has 0 aliphatic heterocycles. The number of hydrogen-bond acceptors (Lipinski definition) is 1. The Hall–Kier alpha value is -7.74. The summed E-state index contributed by atoms with van der Waals surface area (Å²) in [6.07, 6.45) is 0. The molecule has 0 amide bonds. The Balaban J connectivity index is 0.980. The lowest BCUT2D eigenvalue weighted by atomic mass is 9.89. The lowest BCUT2D eigenvalue weighted by Gasteiger charge is -2.26. The lowest BCUT2D eigenvalue weighted by molar-refractivity contribution is 1.28. The average molecular weight is 750 g/mol. The van der Waals surface area contributed by atoms with Gasteiger partial charge in [0.2, 0.25) is 0 Å². The highest BCUT2D eigenvalue weighted by Crippen LogP contribution is 2.41. The van der Waals surface area contributed by atoms with Gasteiger partial charge in [0.15, 0.2) is 0 Å². The summed E-state index contributed by atoms with van der Waals surface area (Å²) in [5.41, 5.74) is 13.0. The van der Waals surface area contributed by atoms with Crippen molar-refractivity contribution < 1.29 is 0 Å². The van der Waals surface area contributed by atoms with E-state index in [2.05, 4.69) is 241 Å². The molecule has 0 unspecified atom stereocenters. The maximum Gasteiger partial charge on any atom is 0.0462 e. The van der Waals surface area contributed by atoms with E-state index < -0.39 is 0 Å². The molecule has 1 nitrogen and oxygen atoms in total. The average Bonchev–Trinajstić information content (AvgIpc) is 3.32. The van der Waals surface area contributed by atoms with Crippen LogP contribution in [0.2, 0.25) is 0 Å². The van der Waals surface area contributed by atoms with Crippen LogP contribution in [0.15, 0.2) is 237 Å². The monoisotopic (exact) mass is 749 g/mol. The van der Waals surface area contributed by atoms with Crippen molar-refractivity contribution in [2.45, 2.75) is 0 Å². The molecule has 0 aliphatic rings. The first-order valence-electron chi connectivity index (χ1n) is 20.3. The van der Waals surface area contributed by atoms with Crippen LogP contribution in [0.25, 0.3) is 87.6 Å². The topological polar surface area (TPSA) is 3.24 Å². The van der Waals surface area contributed by atoms with E-state index in [4.69, 9.17) is 0 Å². The largest absolute Gasteiger partial charge is 0.311 e. The first kappa shape index (κ1) is 34.5. The number of anilines is 3. The van der Waals surface area contributed by atoms with Gasteiger partial charge in [0, 0.05) is 17.1 Å². The van der Waals surface area contributed by atoms with Gasteiger partial charge in [0.25, 0.3) is 0 Å². The molecule has 0 saturated carbocycles. The summed E-state index contributed by atoms with van der Waals surface area (Å²) in [5.74, 6) is 0. The van der Waals surface area contributed by atoms with E-state index in [9.17, 15) is 0 Å². The van der Waals surface area contributed by atoms with Crippen molar-refractivity contribution in [3.8, 4) is 44.5 Å². The van der Waals surface area contributed by atoms with Crippen molar-refractivity contribution >= 4 is 60.2 Å². The van der Waals surface area contributed by atoms with Crippen LogP contribution in [0, 0.1) is 0 Å². The zero-order chi connectivity index (χ0) is 39.1. The van der Waals surface area contributed by atoms with E-state index in [-0.39, 0.29) is 0 Å². The molecule has 0 spiro atoms. The molecule has 276 valence electrons. The molecule has 0 bridgehead atoms.